The zero-order valence-corrected chi connectivity index (χ0v) is 14.0. The van der Waals surface area contributed by atoms with Gasteiger partial charge in [0.25, 0.3) is 5.91 Å². The van der Waals surface area contributed by atoms with E-state index < -0.39 is 5.54 Å². The first kappa shape index (κ1) is 16.2. The minimum absolute atomic E-state index is 0.180. The van der Waals surface area contributed by atoms with Gasteiger partial charge in [0.05, 0.1) is 5.56 Å². The van der Waals surface area contributed by atoms with Crippen molar-refractivity contribution >= 4 is 17.8 Å². The van der Waals surface area contributed by atoms with Crippen molar-refractivity contribution in [3.05, 3.63) is 23.9 Å². The van der Waals surface area contributed by atoms with Crippen LogP contribution in [0.3, 0.4) is 0 Å². The van der Waals surface area contributed by atoms with E-state index in [1.165, 1.54) is 0 Å². The second-order valence-corrected chi connectivity index (χ2v) is 6.80. The van der Waals surface area contributed by atoms with Gasteiger partial charge < -0.3 is 9.80 Å². The maximum atomic E-state index is 12.4. The molecule has 24 heavy (non-hydrogen) atoms. The lowest BCUT2D eigenvalue weighted by Gasteiger charge is -2.43. The summed E-state index contributed by atoms with van der Waals surface area (Å²) < 4.78 is 0. The second-order valence-electron chi connectivity index (χ2n) is 6.80. The molecule has 3 rings (SSSR count). The average Bonchev–Trinajstić information content (AvgIpc) is 2.79. The van der Waals surface area contributed by atoms with Crippen LogP contribution in [0.5, 0.6) is 0 Å². The summed E-state index contributed by atoms with van der Waals surface area (Å²) in [6.45, 7) is 5.95. The monoisotopic (exact) mass is 327 g/mol. The van der Waals surface area contributed by atoms with Crippen LogP contribution >= 0.6 is 0 Å². The normalized spacial score (nSPS) is 19.8. The summed E-state index contributed by atoms with van der Waals surface area (Å²) in [6, 6.07) is 5.34. The van der Waals surface area contributed by atoms with E-state index in [4.69, 9.17) is 5.26 Å². The molecule has 7 heteroatoms. The van der Waals surface area contributed by atoms with Crippen molar-refractivity contribution in [1.82, 2.24) is 15.2 Å². The van der Waals surface area contributed by atoms with Crippen LogP contribution in [0.25, 0.3) is 0 Å². The summed E-state index contributed by atoms with van der Waals surface area (Å²) in [7, 11) is 0. The Morgan fingerprint density at radius 1 is 1.33 bits per heavy atom. The fraction of sp³-hybridized carbons (Fsp3) is 0.529. The molecule has 7 nitrogen and oxygen atoms in total. The van der Waals surface area contributed by atoms with Gasteiger partial charge in [0.15, 0.2) is 0 Å². The van der Waals surface area contributed by atoms with Crippen LogP contribution in [0.2, 0.25) is 0 Å². The number of nitrogens with zero attached hydrogens (tertiary/aromatic N) is 4. The molecule has 0 aliphatic carbocycles. The number of aromatic nitrogens is 1. The molecule has 2 fully saturated rings. The Morgan fingerprint density at radius 3 is 2.58 bits per heavy atom. The number of amides is 3. The Hall–Kier alpha value is -2.62. The van der Waals surface area contributed by atoms with Crippen molar-refractivity contribution in [2.24, 2.45) is 5.92 Å². The van der Waals surface area contributed by atoms with E-state index in [9.17, 15) is 9.59 Å². The highest BCUT2D eigenvalue weighted by Crippen LogP contribution is 2.35. The standard InChI is InChI=1S/C17H21N5O2/c1-12(2)11-22-16(24)20-15(23)17(22)5-7-21(8-6-17)14-4-3-13(9-18)10-19-14/h3-4,10,12H,5-8,11H2,1-2H3,(H,20,23,24). The number of nitriles is 1. The molecule has 1 aromatic rings. The maximum Gasteiger partial charge on any atom is 0.325 e. The van der Waals surface area contributed by atoms with Crippen LogP contribution in [-0.4, -0.2) is 47.0 Å². The van der Waals surface area contributed by atoms with Gasteiger partial charge in [0.1, 0.15) is 17.4 Å². The molecular formula is C17H21N5O2. The first-order valence-electron chi connectivity index (χ1n) is 8.20. The number of carbonyl (C=O) groups is 2. The van der Waals surface area contributed by atoms with Gasteiger partial charge in [-0.25, -0.2) is 9.78 Å². The van der Waals surface area contributed by atoms with E-state index in [-0.39, 0.29) is 11.9 Å². The number of hydrogen-bond donors (Lipinski definition) is 1. The number of urea groups is 1. The molecule has 0 atom stereocenters. The van der Waals surface area contributed by atoms with Crippen LogP contribution in [0.15, 0.2) is 18.3 Å². The molecule has 0 saturated carbocycles. The molecule has 2 aliphatic heterocycles. The van der Waals surface area contributed by atoms with E-state index in [2.05, 4.69) is 21.3 Å². The number of imide groups is 1. The van der Waals surface area contributed by atoms with E-state index in [0.29, 0.717) is 44.0 Å². The van der Waals surface area contributed by atoms with Crippen LogP contribution in [0, 0.1) is 17.2 Å². The van der Waals surface area contributed by atoms with Crippen molar-refractivity contribution < 1.29 is 9.59 Å². The number of rotatable bonds is 3. The lowest BCUT2D eigenvalue weighted by Crippen LogP contribution is -2.57. The zero-order chi connectivity index (χ0) is 17.3. The summed E-state index contributed by atoms with van der Waals surface area (Å²) in [5.41, 5.74) is -0.208. The number of hydrogen-bond acceptors (Lipinski definition) is 5. The fourth-order valence-electron chi connectivity index (χ4n) is 3.46. The van der Waals surface area contributed by atoms with Gasteiger partial charge in [0.2, 0.25) is 0 Å². The van der Waals surface area contributed by atoms with Crippen LogP contribution < -0.4 is 10.2 Å². The van der Waals surface area contributed by atoms with Crippen molar-refractivity contribution in [2.45, 2.75) is 32.2 Å². The lowest BCUT2D eigenvalue weighted by molar-refractivity contribution is -0.127. The highest BCUT2D eigenvalue weighted by molar-refractivity contribution is 6.07. The topological polar surface area (TPSA) is 89.3 Å². The minimum atomic E-state index is -0.732. The van der Waals surface area contributed by atoms with Crippen molar-refractivity contribution in [1.29, 1.82) is 5.26 Å². The summed E-state index contributed by atoms with van der Waals surface area (Å²) in [4.78, 5) is 32.7. The Kier molecular flexibility index (Phi) is 4.14. The number of nitrogens with one attached hydrogen (secondary N) is 1. The lowest BCUT2D eigenvalue weighted by atomic mass is 9.85. The molecular weight excluding hydrogens is 306 g/mol. The third-order valence-corrected chi connectivity index (χ3v) is 4.74. The van der Waals surface area contributed by atoms with Gasteiger partial charge >= 0.3 is 6.03 Å². The van der Waals surface area contributed by atoms with Gasteiger partial charge in [-0.05, 0) is 30.9 Å². The van der Waals surface area contributed by atoms with E-state index in [1.807, 2.05) is 19.9 Å². The highest BCUT2D eigenvalue weighted by atomic mass is 16.2. The molecule has 1 N–H and O–H groups in total. The molecule has 1 spiro atoms. The van der Waals surface area contributed by atoms with E-state index in [0.717, 1.165) is 5.82 Å². The average molecular weight is 327 g/mol. The number of piperidine rings is 1. The molecule has 2 aliphatic rings. The second kappa shape index (κ2) is 6.11. The first-order chi connectivity index (χ1) is 11.5. The van der Waals surface area contributed by atoms with Crippen molar-refractivity contribution in [3.8, 4) is 6.07 Å². The summed E-state index contributed by atoms with van der Waals surface area (Å²) in [5.74, 6) is 0.918. The van der Waals surface area contributed by atoms with Gasteiger partial charge in [-0.15, -0.1) is 0 Å². The molecule has 0 radical (unpaired) electrons. The Bertz CT molecular complexity index is 684. The third-order valence-electron chi connectivity index (χ3n) is 4.74. The van der Waals surface area contributed by atoms with E-state index >= 15 is 0 Å². The SMILES string of the molecule is CC(C)CN1C(=O)NC(=O)C12CCN(c1ccc(C#N)cn1)CC2. The summed E-state index contributed by atoms with van der Waals surface area (Å²) in [6.07, 6.45) is 2.72. The Balaban J connectivity index is 1.75. The maximum absolute atomic E-state index is 12.4. The number of carbonyl (C=O) groups excluding carboxylic acids is 2. The van der Waals surface area contributed by atoms with Crippen molar-refractivity contribution in [2.75, 3.05) is 24.5 Å². The molecule has 1 aromatic heterocycles. The zero-order valence-electron chi connectivity index (χ0n) is 14.0. The van der Waals surface area contributed by atoms with Gasteiger partial charge in [0, 0.05) is 25.8 Å². The largest absolute Gasteiger partial charge is 0.356 e. The van der Waals surface area contributed by atoms with Crippen LogP contribution in [0.4, 0.5) is 10.6 Å². The molecule has 0 aromatic carbocycles. The molecule has 3 amide bonds. The molecule has 3 heterocycles. The predicted octanol–water partition coefficient (Wildman–Crippen LogP) is 1.50. The fourth-order valence-corrected chi connectivity index (χ4v) is 3.46. The smallest absolute Gasteiger partial charge is 0.325 e. The number of pyridine rings is 1. The number of anilines is 1. The van der Waals surface area contributed by atoms with Crippen LogP contribution in [0.1, 0.15) is 32.3 Å². The third kappa shape index (κ3) is 2.68. The Morgan fingerprint density at radius 2 is 2.04 bits per heavy atom. The molecule has 0 bridgehead atoms. The van der Waals surface area contributed by atoms with Gasteiger partial charge in [-0.1, -0.05) is 13.8 Å². The predicted molar refractivity (Wildman–Crippen MR) is 88.2 cm³/mol. The minimum Gasteiger partial charge on any atom is -0.356 e. The Labute approximate surface area is 141 Å². The molecule has 126 valence electrons. The summed E-state index contributed by atoms with van der Waals surface area (Å²) >= 11 is 0. The quantitative estimate of drug-likeness (QED) is 0.850. The molecule has 2 saturated heterocycles. The molecule has 0 unspecified atom stereocenters. The highest BCUT2D eigenvalue weighted by Gasteiger charge is 2.53. The van der Waals surface area contributed by atoms with Crippen molar-refractivity contribution in [3.63, 3.8) is 0 Å². The first-order valence-corrected chi connectivity index (χ1v) is 8.20. The van der Waals surface area contributed by atoms with Crippen LogP contribution in [-0.2, 0) is 4.79 Å². The van der Waals surface area contributed by atoms with E-state index in [1.54, 1.807) is 17.2 Å². The van der Waals surface area contributed by atoms with Gasteiger partial charge in [-0.2, -0.15) is 5.26 Å². The summed E-state index contributed by atoms with van der Waals surface area (Å²) in [5, 5.41) is 11.3. The van der Waals surface area contributed by atoms with Gasteiger partial charge in [-0.3, -0.25) is 10.1 Å².